The number of hydrogen-bond donors (Lipinski definition) is 1. The lowest BCUT2D eigenvalue weighted by molar-refractivity contribution is 0.0655. The van der Waals surface area contributed by atoms with E-state index in [0.717, 1.165) is 31.7 Å². The van der Waals surface area contributed by atoms with Gasteiger partial charge in [-0.3, -0.25) is 19.3 Å². The van der Waals surface area contributed by atoms with Crippen LogP contribution in [0.1, 0.15) is 36.6 Å². The first-order valence-corrected chi connectivity index (χ1v) is 10.2. The Labute approximate surface area is 169 Å². The smallest absolute Gasteiger partial charge is 0.261 e. The maximum absolute atomic E-state index is 13.0. The average molecular weight is 389 g/mol. The van der Waals surface area contributed by atoms with Crippen molar-refractivity contribution < 1.29 is 14.4 Å². The maximum Gasteiger partial charge on any atom is 0.261 e. The van der Waals surface area contributed by atoms with Crippen LogP contribution >= 0.6 is 0 Å². The van der Waals surface area contributed by atoms with Gasteiger partial charge in [0.1, 0.15) is 0 Å². The molecule has 2 aromatic carbocycles. The van der Waals surface area contributed by atoms with Gasteiger partial charge in [0.25, 0.3) is 17.7 Å². The normalized spacial score (nSPS) is 22.9. The van der Waals surface area contributed by atoms with Crippen molar-refractivity contribution in [3.05, 3.63) is 70.8 Å². The topological polar surface area (TPSA) is 69.7 Å². The van der Waals surface area contributed by atoms with E-state index in [9.17, 15) is 14.4 Å². The van der Waals surface area contributed by atoms with Crippen LogP contribution < -0.4 is 5.32 Å². The highest BCUT2D eigenvalue weighted by Gasteiger charge is 2.39. The van der Waals surface area contributed by atoms with E-state index >= 15 is 0 Å². The second kappa shape index (κ2) is 7.12. The van der Waals surface area contributed by atoms with Crippen molar-refractivity contribution in [1.29, 1.82) is 0 Å². The van der Waals surface area contributed by atoms with E-state index in [1.807, 2.05) is 35.2 Å². The Kier molecular flexibility index (Phi) is 4.43. The molecule has 3 aliphatic rings. The molecule has 0 spiro atoms. The second-order valence-corrected chi connectivity index (χ2v) is 8.15. The van der Waals surface area contributed by atoms with Crippen LogP contribution in [0.25, 0.3) is 0 Å². The zero-order chi connectivity index (χ0) is 20.0. The molecule has 0 unspecified atom stereocenters. The van der Waals surface area contributed by atoms with Crippen LogP contribution in [0.3, 0.4) is 0 Å². The third-order valence-corrected chi connectivity index (χ3v) is 6.36. The lowest BCUT2D eigenvalue weighted by atomic mass is 10.0. The lowest BCUT2D eigenvalue weighted by Crippen LogP contribution is -2.32. The first kappa shape index (κ1) is 18.1. The summed E-state index contributed by atoms with van der Waals surface area (Å²) < 4.78 is 0. The standard InChI is InChI=1S/C23H23N3O3/c27-21(25-13-17-11-24-12-18(17)14-25)16-6-7-19-20(10-16)23(29)26(22(19)28)9-8-15-4-2-1-3-5-15/h1-7,10,17-18,24H,8-9,11-14H2/t17-,18+. The quantitative estimate of drug-likeness (QED) is 0.810. The molecule has 0 radical (unpaired) electrons. The number of fused-ring (bicyclic) bond motifs is 2. The molecule has 29 heavy (non-hydrogen) atoms. The summed E-state index contributed by atoms with van der Waals surface area (Å²) in [5.74, 6) is 0.403. The molecule has 2 aromatic rings. The molecule has 6 nitrogen and oxygen atoms in total. The summed E-state index contributed by atoms with van der Waals surface area (Å²) in [6.45, 7) is 3.76. The predicted molar refractivity (Wildman–Crippen MR) is 108 cm³/mol. The molecule has 0 aromatic heterocycles. The van der Waals surface area contributed by atoms with Gasteiger partial charge in [0, 0.05) is 38.3 Å². The minimum atomic E-state index is -0.307. The van der Waals surface area contributed by atoms with Gasteiger partial charge in [-0.1, -0.05) is 30.3 Å². The number of hydrogen-bond acceptors (Lipinski definition) is 4. The minimum absolute atomic E-state index is 0.0508. The molecular weight excluding hydrogens is 366 g/mol. The Morgan fingerprint density at radius 3 is 2.34 bits per heavy atom. The van der Waals surface area contributed by atoms with E-state index in [2.05, 4.69) is 5.32 Å². The van der Waals surface area contributed by atoms with E-state index < -0.39 is 0 Å². The van der Waals surface area contributed by atoms with Gasteiger partial charge in [-0.05, 0) is 42.0 Å². The third-order valence-electron chi connectivity index (χ3n) is 6.36. The summed E-state index contributed by atoms with van der Waals surface area (Å²) in [6.07, 6.45) is 0.614. The highest BCUT2D eigenvalue weighted by molar-refractivity contribution is 6.22. The van der Waals surface area contributed by atoms with E-state index in [4.69, 9.17) is 0 Å². The maximum atomic E-state index is 13.0. The van der Waals surface area contributed by atoms with Crippen LogP contribution in [0, 0.1) is 11.8 Å². The van der Waals surface area contributed by atoms with Crippen LogP contribution in [0.15, 0.2) is 48.5 Å². The molecule has 3 heterocycles. The van der Waals surface area contributed by atoms with Crippen molar-refractivity contribution in [3.63, 3.8) is 0 Å². The number of carbonyl (C=O) groups is 3. The Balaban J connectivity index is 1.32. The fourth-order valence-corrected chi connectivity index (χ4v) is 4.72. The molecule has 148 valence electrons. The van der Waals surface area contributed by atoms with Gasteiger partial charge in [-0.25, -0.2) is 0 Å². The average Bonchev–Trinajstić information content (AvgIpc) is 3.41. The van der Waals surface area contributed by atoms with Gasteiger partial charge < -0.3 is 10.2 Å². The lowest BCUT2D eigenvalue weighted by Gasteiger charge is -2.17. The van der Waals surface area contributed by atoms with Gasteiger partial charge in [0.05, 0.1) is 11.1 Å². The monoisotopic (exact) mass is 389 g/mol. The van der Waals surface area contributed by atoms with Crippen LogP contribution in [0.5, 0.6) is 0 Å². The second-order valence-electron chi connectivity index (χ2n) is 8.15. The highest BCUT2D eigenvalue weighted by atomic mass is 16.2. The number of nitrogens with zero attached hydrogens (tertiary/aromatic N) is 2. The number of likely N-dealkylation sites (tertiary alicyclic amines) is 1. The van der Waals surface area contributed by atoms with Crippen LogP contribution in [0.2, 0.25) is 0 Å². The van der Waals surface area contributed by atoms with Gasteiger partial charge in [-0.2, -0.15) is 0 Å². The SMILES string of the molecule is O=C(c1ccc2c(c1)C(=O)N(CCc1ccccc1)C2=O)N1C[C@H]2CNC[C@H]2C1. The summed E-state index contributed by atoms with van der Waals surface area (Å²) >= 11 is 0. The zero-order valence-electron chi connectivity index (χ0n) is 16.1. The van der Waals surface area contributed by atoms with Crippen molar-refractivity contribution in [2.75, 3.05) is 32.7 Å². The first-order valence-electron chi connectivity index (χ1n) is 10.2. The molecule has 3 aliphatic heterocycles. The fraction of sp³-hybridized carbons (Fsp3) is 0.348. The summed E-state index contributed by atoms with van der Waals surface area (Å²) in [5.41, 5.74) is 2.30. The zero-order valence-corrected chi connectivity index (χ0v) is 16.1. The molecule has 3 amide bonds. The molecule has 5 rings (SSSR count). The Morgan fingerprint density at radius 1 is 0.931 bits per heavy atom. The Bertz CT molecular complexity index is 976. The molecule has 2 saturated heterocycles. The molecular formula is C23H23N3O3. The minimum Gasteiger partial charge on any atom is -0.338 e. The first-order chi connectivity index (χ1) is 14.1. The summed E-state index contributed by atoms with van der Waals surface area (Å²) in [4.78, 5) is 41.7. The van der Waals surface area contributed by atoms with E-state index in [1.54, 1.807) is 18.2 Å². The third kappa shape index (κ3) is 3.13. The molecule has 2 atom stereocenters. The summed E-state index contributed by atoms with van der Waals surface area (Å²) in [7, 11) is 0. The molecule has 0 bridgehead atoms. The van der Waals surface area contributed by atoms with E-state index in [1.165, 1.54) is 4.90 Å². The number of benzene rings is 2. The van der Waals surface area contributed by atoms with E-state index in [-0.39, 0.29) is 17.7 Å². The summed E-state index contributed by atoms with van der Waals surface area (Å²) in [5, 5.41) is 3.37. The fourth-order valence-electron chi connectivity index (χ4n) is 4.72. The molecule has 2 fully saturated rings. The van der Waals surface area contributed by atoms with Crippen molar-refractivity contribution in [2.24, 2.45) is 11.8 Å². The molecule has 0 aliphatic carbocycles. The van der Waals surface area contributed by atoms with Crippen LogP contribution in [-0.4, -0.2) is 60.2 Å². The van der Waals surface area contributed by atoms with Crippen molar-refractivity contribution in [1.82, 2.24) is 15.1 Å². The van der Waals surface area contributed by atoms with Crippen molar-refractivity contribution in [2.45, 2.75) is 6.42 Å². The predicted octanol–water partition coefficient (Wildman–Crippen LogP) is 1.82. The highest BCUT2D eigenvalue weighted by Crippen LogP contribution is 2.29. The van der Waals surface area contributed by atoms with Gasteiger partial charge >= 0.3 is 0 Å². The Hall–Kier alpha value is -2.99. The van der Waals surface area contributed by atoms with Gasteiger partial charge in [0.2, 0.25) is 0 Å². The molecule has 6 heteroatoms. The van der Waals surface area contributed by atoms with E-state index in [0.29, 0.717) is 41.5 Å². The van der Waals surface area contributed by atoms with Crippen LogP contribution in [-0.2, 0) is 6.42 Å². The number of amides is 3. The number of nitrogens with one attached hydrogen (secondary N) is 1. The number of carbonyl (C=O) groups excluding carboxylic acids is 3. The largest absolute Gasteiger partial charge is 0.338 e. The van der Waals surface area contributed by atoms with Gasteiger partial charge in [0.15, 0.2) is 0 Å². The Morgan fingerprint density at radius 2 is 1.62 bits per heavy atom. The van der Waals surface area contributed by atoms with Crippen LogP contribution in [0.4, 0.5) is 0 Å². The van der Waals surface area contributed by atoms with Crippen molar-refractivity contribution in [3.8, 4) is 0 Å². The number of rotatable bonds is 4. The van der Waals surface area contributed by atoms with Crippen molar-refractivity contribution >= 4 is 17.7 Å². The summed E-state index contributed by atoms with van der Waals surface area (Å²) in [6, 6.07) is 14.7. The van der Waals surface area contributed by atoms with Gasteiger partial charge in [-0.15, -0.1) is 0 Å². The molecule has 1 N–H and O–H groups in total. The molecule has 0 saturated carbocycles. The number of imide groups is 1.